The number of pyridine rings is 1. The lowest BCUT2D eigenvalue weighted by Crippen LogP contribution is -2.48. The van der Waals surface area contributed by atoms with Gasteiger partial charge in [-0.25, -0.2) is 9.97 Å². The van der Waals surface area contributed by atoms with Crippen molar-refractivity contribution in [3.8, 4) is 17.2 Å². The van der Waals surface area contributed by atoms with Crippen molar-refractivity contribution in [1.82, 2.24) is 14.5 Å². The van der Waals surface area contributed by atoms with Gasteiger partial charge >= 0.3 is 0 Å². The predicted molar refractivity (Wildman–Crippen MR) is 198 cm³/mol. The molecule has 4 aliphatic carbocycles. The van der Waals surface area contributed by atoms with E-state index in [4.69, 9.17) is 10.7 Å². The van der Waals surface area contributed by atoms with Gasteiger partial charge in [-0.3, -0.25) is 10.1 Å². The van der Waals surface area contributed by atoms with Gasteiger partial charge in [0.15, 0.2) is 5.13 Å². The number of aryl methyl sites for hydroxylation is 1. The molecule has 4 fully saturated rings. The molecule has 8 nitrogen and oxygen atoms in total. The number of nitrogens with two attached hydrogens (primary N) is 1. The van der Waals surface area contributed by atoms with E-state index in [0.717, 1.165) is 68.3 Å². The fourth-order valence-electron chi connectivity index (χ4n) is 9.66. The van der Waals surface area contributed by atoms with Crippen LogP contribution in [0.5, 0.6) is 0 Å². The van der Waals surface area contributed by atoms with Crippen LogP contribution in [0.4, 0.5) is 16.8 Å². The molecule has 0 spiro atoms. The van der Waals surface area contributed by atoms with E-state index in [1.807, 2.05) is 67.6 Å². The van der Waals surface area contributed by atoms with E-state index in [2.05, 4.69) is 39.7 Å². The fraction of sp³-hybridized carbons (Fsp3) is 0.400. The number of hydrogen-bond acceptors (Lipinski definition) is 7. The van der Waals surface area contributed by atoms with Crippen LogP contribution in [0.1, 0.15) is 78.3 Å². The maximum Gasteiger partial charge on any atom is 0.257 e. The maximum absolute atomic E-state index is 13.6. The van der Waals surface area contributed by atoms with Gasteiger partial charge in [-0.05, 0) is 130 Å². The number of thiazole rings is 1. The molecule has 1 amide bonds. The molecule has 3 aromatic heterocycles. The van der Waals surface area contributed by atoms with Crippen LogP contribution >= 0.6 is 11.3 Å². The topological polar surface area (TPSA) is 113 Å². The third-order valence-electron chi connectivity index (χ3n) is 11.6. The average Bonchev–Trinajstić information content (AvgIpc) is 3.62. The number of aromatic nitrogens is 3. The first-order valence-electron chi connectivity index (χ1n) is 17.6. The minimum absolute atomic E-state index is 0.182. The number of rotatable bonds is 9. The lowest BCUT2D eigenvalue weighted by Gasteiger charge is -2.57. The van der Waals surface area contributed by atoms with Crippen LogP contribution in [0, 0.1) is 48.3 Å². The van der Waals surface area contributed by atoms with Crippen molar-refractivity contribution in [3.05, 3.63) is 88.7 Å². The van der Waals surface area contributed by atoms with E-state index in [9.17, 15) is 10.1 Å². The summed E-state index contributed by atoms with van der Waals surface area (Å²) in [7, 11) is 0. The highest BCUT2D eigenvalue weighted by Gasteiger charge is 2.51. The van der Waals surface area contributed by atoms with Crippen molar-refractivity contribution in [2.24, 2.45) is 23.2 Å². The highest BCUT2D eigenvalue weighted by molar-refractivity contribution is 7.22. The zero-order chi connectivity index (χ0) is 33.9. The number of nitrogens with one attached hydrogen (secondary N) is 1. The second-order valence-electron chi connectivity index (χ2n) is 14.8. The molecular formula is C40H43N7OS. The van der Waals surface area contributed by atoms with Crippen molar-refractivity contribution in [3.63, 3.8) is 0 Å². The molecule has 9 rings (SSSR count). The molecule has 4 aliphatic rings. The standard InChI is InChI=1S/C40H43N7OS/c1-4-46(22-33-24(2)8-7-9-31(33)38(48)45-39-43-34-10-5-6-11-35(34)49-39)36-13-12-30(37(42)44-36)32-17-29(21-41)47(25(32)3)23-40-18-26-14-27(19-40)16-28(15-26)20-40/h5-13,17,26-28H,4,14-16,18-20,22-23H2,1-3H3,(H2,42,44)(H,43,45,48). The Bertz CT molecular complexity index is 2050. The summed E-state index contributed by atoms with van der Waals surface area (Å²) in [5.41, 5.74) is 14.1. The number of carbonyl (C=O) groups excluding carboxylic acids is 1. The van der Waals surface area contributed by atoms with E-state index in [1.54, 1.807) is 0 Å². The summed E-state index contributed by atoms with van der Waals surface area (Å²) in [5.74, 6) is 3.60. The van der Waals surface area contributed by atoms with Crippen molar-refractivity contribution in [1.29, 1.82) is 5.26 Å². The molecule has 250 valence electrons. The van der Waals surface area contributed by atoms with Crippen LogP contribution in [-0.2, 0) is 13.1 Å². The zero-order valence-corrected chi connectivity index (χ0v) is 29.3. The average molecular weight is 670 g/mol. The number of fused-ring (bicyclic) bond motifs is 1. The molecule has 0 atom stereocenters. The first-order chi connectivity index (χ1) is 23.7. The van der Waals surface area contributed by atoms with Gasteiger partial charge in [0, 0.05) is 42.0 Å². The van der Waals surface area contributed by atoms with E-state index in [0.29, 0.717) is 40.7 Å². The Morgan fingerprint density at radius 2 is 1.76 bits per heavy atom. The smallest absolute Gasteiger partial charge is 0.257 e. The van der Waals surface area contributed by atoms with Gasteiger partial charge in [0.1, 0.15) is 23.4 Å². The van der Waals surface area contributed by atoms with Gasteiger partial charge in [-0.1, -0.05) is 35.6 Å². The predicted octanol–water partition coefficient (Wildman–Crippen LogP) is 8.73. The Hall–Kier alpha value is -4.68. The molecule has 4 saturated carbocycles. The van der Waals surface area contributed by atoms with E-state index in [-0.39, 0.29) is 5.91 Å². The van der Waals surface area contributed by atoms with Crippen LogP contribution in [0.15, 0.2) is 60.7 Å². The number of nitrogen functional groups attached to an aromatic ring is 1. The number of benzene rings is 2. The number of nitrogens with zero attached hydrogens (tertiary/aromatic N) is 5. The summed E-state index contributed by atoms with van der Waals surface area (Å²) in [5, 5.41) is 13.8. The number of anilines is 3. The molecule has 4 bridgehead atoms. The largest absolute Gasteiger partial charge is 0.383 e. The number of carbonyl (C=O) groups is 1. The molecular weight excluding hydrogens is 627 g/mol. The monoisotopic (exact) mass is 669 g/mol. The molecule has 2 aromatic carbocycles. The Balaban J connectivity index is 1.04. The normalized spacial score (nSPS) is 22.4. The molecule has 0 unspecified atom stereocenters. The van der Waals surface area contributed by atoms with Crippen molar-refractivity contribution < 1.29 is 4.79 Å². The van der Waals surface area contributed by atoms with Crippen LogP contribution in [0.25, 0.3) is 21.3 Å². The Kier molecular flexibility index (Phi) is 7.95. The van der Waals surface area contributed by atoms with Crippen molar-refractivity contribution >= 4 is 44.2 Å². The van der Waals surface area contributed by atoms with Gasteiger partial charge in [-0.15, -0.1) is 0 Å². The summed E-state index contributed by atoms with van der Waals surface area (Å²) < 4.78 is 3.30. The van der Waals surface area contributed by atoms with Gasteiger partial charge in [0.25, 0.3) is 5.91 Å². The number of amides is 1. The molecule has 3 heterocycles. The van der Waals surface area contributed by atoms with Crippen LogP contribution < -0.4 is 16.0 Å². The van der Waals surface area contributed by atoms with Gasteiger partial charge in [0.05, 0.1) is 10.2 Å². The van der Waals surface area contributed by atoms with Crippen molar-refractivity contribution in [2.75, 3.05) is 22.5 Å². The third kappa shape index (κ3) is 5.76. The SMILES string of the molecule is CCN(Cc1c(C)cccc1C(=O)Nc1nc2ccccc2s1)c1ccc(-c2cc(C#N)n(CC34CC5CC(CC(C5)C3)C4)c2C)c(N)n1. The summed E-state index contributed by atoms with van der Waals surface area (Å²) in [4.78, 5) is 25.2. The summed E-state index contributed by atoms with van der Waals surface area (Å²) in [6, 6.07) is 22.2. The summed E-state index contributed by atoms with van der Waals surface area (Å²) in [6.07, 6.45) is 8.13. The highest BCUT2D eigenvalue weighted by atomic mass is 32.1. The highest BCUT2D eigenvalue weighted by Crippen LogP contribution is 2.60. The molecule has 3 N–H and O–H groups in total. The van der Waals surface area contributed by atoms with Gasteiger partial charge in [0.2, 0.25) is 0 Å². The second kappa shape index (κ2) is 12.3. The molecule has 9 heteroatoms. The molecule has 49 heavy (non-hydrogen) atoms. The molecule has 0 aliphatic heterocycles. The van der Waals surface area contributed by atoms with Gasteiger partial charge in [-0.2, -0.15) is 5.26 Å². The van der Waals surface area contributed by atoms with E-state index < -0.39 is 0 Å². The first kappa shape index (κ1) is 31.6. The van der Waals surface area contributed by atoms with Gasteiger partial charge < -0.3 is 15.2 Å². The number of hydrogen-bond donors (Lipinski definition) is 2. The van der Waals surface area contributed by atoms with Crippen LogP contribution in [-0.4, -0.2) is 27.0 Å². The lowest BCUT2D eigenvalue weighted by molar-refractivity contribution is -0.0621. The number of para-hydroxylation sites is 1. The maximum atomic E-state index is 13.6. The molecule has 0 saturated heterocycles. The molecule has 5 aromatic rings. The Morgan fingerprint density at radius 1 is 1.02 bits per heavy atom. The van der Waals surface area contributed by atoms with Crippen molar-refractivity contribution in [2.45, 2.75) is 72.4 Å². The second-order valence-corrected chi connectivity index (χ2v) is 15.8. The van der Waals surface area contributed by atoms with E-state index >= 15 is 0 Å². The lowest BCUT2D eigenvalue weighted by atomic mass is 9.49. The first-order valence-corrected chi connectivity index (χ1v) is 18.4. The Morgan fingerprint density at radius 3 is 2.43 bits per heavy atom. The Labute approximate surface area is 292 Å². The molecule has 0 radical (unpaired) electrons. The fourth-order valence-corrected chi connectivity index (χ4v) is 10.5. The minimum atomic E-state index is -0.182. The zero-order valence-electron chi connectivity index (χ0n) is 28.5. The minimum Gasteiger partial charge on any atom is -0.383 e. The summed E-state index contributed by atoms with van der Waals surface area (Å²) >= 11 is 1.47. The summed E-state index contributed by atoms with van der Waals surface area (Å²) in [6.45, 7) is 8.34. The van der Waals surface area contributed by atoms with Crippen LogP contribution in [0.3, 0.4) is 0 Å². The van der Waals surface area contributed by atoms with Crippen LogP contribution in [0.2, 0.25) is 0 Å². The number of nitriles is 1. The third-order valence-corrected chi connectivity index (χ3v) is 12.5. The quantitative estimate of drug-likeness (QED) is 0.162. The van der Waals surface area contributed by atoms with E-state index in [1.165, 1.54) is 49.9 Å².